The van der Waals surface area contributed by atoms with Gasteiger partial charge in [0.2, 0.25) is 0 Å². The maximum Gasteiger partial charge on any atom is 0.319 e. The van der Waals surface area contributed by atoms with E-state index in [0.717, 1.165) is 11.1 Å². The lowest BCUT2D eigenvalue weighted by Crippen LogP contribution is -2.43. The number of pyridine rings is 4. The van der Waals surface area contributed by atoms with Crippen LogP contribution in [-0.2, 0) is 22.9 Å². The Morgan fingerprint density at radius 3 is 1.48 bits per heavy atom. The summed E-state index contributed by atoms with van der Waals surface area (Å²) in [5.74, 6) is -0.288. The number of nitrogens with two attached hydrogens (primary N) is 2. The van der Waals surface area contributed by atoms with Gasteiger partial charge in [-0.25, -0.2) is 46.7 Å². The van der Waals surface area contributed by atoms with Gasteiger partial charge in [-0.05, 0) is 85.6 Å². The van der Waals surface area contributed by atoms with E-state index in [9.17, 15) is 36.4 Å². The van der Waals surface area contributed by atoms with Crippen molar-refractivity contribution in [1.82, 2.24) is 46.1 Å². The molecule has 6 aromatic rings. The Hall–Kier alpha value is -8.55. The summed E-state index contributed by atoms with van der Waals surface area (Å²) in [7, 11) is -2.96. The Kier molecular flexibility index (Phi) is 20.0. The molecular formula is C50H59F2N15O7S. The molecule has 0 radical (unpaired) electrons. The number of aliphatic hydroxyl groups is 1. The van der Waals surface area contributed by atoms with Gasteiger partial charge in [0.05, 0.1) is 52.0 Å². The molecule has 1 aliphatic heterocycles. The number of rotatable bonds is 19. The van der Waals surface area contributed by atoms with Gasteiger partial charge >= 0.3 is 12.1 Å². The highest BCUT2D eigenvalue weighted by atomic mass is 32.2. The second kappa shape index (κ2) is 26.9. The number of urea groups is 2. The molecule has 75 heavy (non-hydrogen) atoms. The van der Waals surface area contributed by atoms with Gasteiger partial charge in [-0.3, -0.25) is 14.5 Å². The van der Waals surface area contributed by atoms with Crippen LogP contribution in [0.5, 0.6) is 0 Å². The first-order chi connectivity index (χ1) is 36.0. The van der Waals surface area contributed by atoms with Crippen LogP contribution in [0.25, 0.3) is 22.5 Å². The molecule has 22 nitrogen and oxygen atoms in total. The van der Waals surface area contributed by atoms with Crippen molar-refractivity contribution in [3.05, 3.63) is 131 Å². The van der Waals surface area contributed by atoms with Crippen molar-refractivity contribution in [2.45, 2.75) is 26.9 Å². The Labute approximate surface area is 431 Å². The normalized spacial score (nSPS) is 12.8. The zero-order chi connectivity index (χ0) is 53.9. The molecule has 25 heteroatoms. The van der Waals surface area contributed by atoms with Crippen molar-refractivity contribution in [2.24, 2.45) is 0 Å². The molecule has 1 saturated heterocycles. The molecule has 6 amide bonds. The molecule has 2 aromatic carbocycles. The molecule has 1 fully saturated rings. The van der Waals surface area contributed by atoms with Gasteiger partial charge in [0, 0.05) is 82.4 Å². The van der Waals surface area contributed by atoms with Gasteiger partial charge in [0.25, 0.3) is 11.8 Å². The maximum absolute atomic E-state index is 14.9. The van der Waals surface area contributed by atoms with E-state index < -0.39 is 33.5 Å². The fourth-order valence-corrected chi connectivity index (χ4v) is 8.48. The summed E-state index contributed by atoms with van der Waals surface area (Å²) in [6, 6.07) is 20.6. The van der Waals surface area contributed by atoms with E-state index in [0.29, 0.717) is 96.2 Å². The fraction of sp³-hybridized carbons (Fsp3) is 0.280. The maximum atomic E-state index is 14.9. The van der Waals surface area contributed by atoms with Crippen LogP contribution in [0.2, 0.25) is 0 Å². The van der Waals surface area contributed by atoms with Crippen LogP contribution in [0, 0.1) is 11.6 Å². The summed E-state index contributed by atoms with van der Waals surface area (Å²) in [5, 5.41) is 30.6. The molecule has 1 aliphatic rings. The van der Waals surface area contributed by atoms with Gasteiger partial charge in [0.1, 0.15) is 34.9 Å². The largest absolute Gasteiger partial charge is 0.395 e. The van der Waals surface area contributed by atoms with Crippen molar-refractivity contribution in [1.29, 1.82) is 0 Å². The minimum atomic E-state index is -2.96. The number of sulfone groups is 1. The first-order valence-corrected chi connectivity index (χ1v) is 25.6. The van der Waals surface area contributed by atoms with Crippen LogP contribution in [-0.4, -0.2) is 126 Å². The number of hydrogen-bond donors (Lipinski definition) is 11. The Bertz CT molecular complexity index is 3050. The molecule has 0 saturated carbocycles. The van der Waals surface area contributed by atoms with E-state index in [1.807, 2.05) is 18.7 Å². The number of nitrogen functional groups attached to an aromatic ring is 2. The van der Waals surface area contributed by atoms with Gasteiger partial charge < -0.3 is 59.1 Å². The van der Waals surface area contributed by atoms with Crippen LogP contribution in [0.4, 0.5) is 53.0 Å². The summed E-state index contributed by atoms with van der Waals surface area (Å²) in [6.45, 7) is 6.91. The summed E-state index contributed by atoms with van der Waals surface area (Å²) >= 11 is 0. The minimum Gasteiger partial charge on any atom is -0.395 e. The highest BCUT2D eigenvalue weighted by molar-refractivity contribution is 7.91. The zero-order valence-corrected chi connectivity index (χ0v) is 42.0. The van der Waals surface area contributed by atoms with E-state index in [1.54, 1.807) is 73.1 Å². The average molecular weight is 1050 g/mol. The molecular weight excluding hydrogens is 993 g/mol. The first kappa shape index (κ1) is 55.8. The van der Waals surface area contributed by atoms with Gasteiger partial charge in [0.15, 0.2) is 9.84 Å². The number of anilines is 6. The van der Waals surface area contributed by atoms with Crippen LogP contribution >= 0.6 is 0 Å². The number of nitrogens with one attached hydrogen (secondary N) is 8. The third kappa shape index (κ3) is 16.7. The van der Waals surface area contributed by atoms with Gasteiger partial charge in [-0.1, -0.05) is 24.3 Å². The molecule has 0 unspecified atom stereocenters. The smallest absolute Gasteiger partial charge is 0.319 e. The first-order valence-electron chi connectivity index (χ1n) is 23.7. The highest BCUT2D eigenvalue weighted by Crippen LogP contribution is 2.28. The van der Waals surface area contributed by atoms with Crippen LogP contribution in [0.3, 0.4) is 0 Å². The summed E-state index contributed by atoms with van der Waals surface area (Å²) in [5.41, 5.74) is 15.0. The third-order valence-corrected chi connectivity index (χ3v) is 12.8. The average Bonchev–Trinajstić information content (AvgIpc) is 3.39. The lowest BCUT2D eigenvalue weighted by molar-refractivity contribution is 0.0939. The van der Waals surface area contributed by atoms with Crippen molar-refractivity contribution >= 4 is 68.4 Å². The van der Waals surface area contributed by atoms with Crippen LogP contribution in [0.1, 0.15) is 45.7 Å². The van der Waals surface area contributed by atoms with E-state index in [1.165, 1.54) is 24.3 Å². The zero-order valence-electron chi connectivity index (χ0n) is 41.2. The summed E-state index contributed by atoms with van der Waals surface area (Å²) in [4.78, 5) is 68.4. The van der Waals surface area contributed by atoms with Crippen LogP contribution in [0.15, 0.2) is 97.3 Å². The lowest BCUT2D eigenvalue weighted by Gasteiger charge is -2.26. The SMILES string of the molecule is CCNc1nc(-c2ccc(NC(=O)NCc3ccc(N)nc3)c(F)c2)ccc1C(=O)NCCN1CCS(=O)(=O)CC1.CCNc1nc(-c2ccc(NC(=O)NCc3ccc(N)nc3)c(F)c2)ccc1C(=O)NCCO. The van der Waals surface area contributed by atoms with Crippen molar-refractivity contribution in [3.8, 4) is 22.5 Å². The number of aromatic nitrogens is 4. The molecule has 4 aromatic heterocycles. The number of hydrogen-bond acceptors (Lipinski definition) is 16. The van der Waals surface area contributed by atoms with Gasteiger partial charge in [-0.2, -0.15) is 0 Å². The number of aliphatic hydroxyl groups excluding tert-OH is 1. The second-order valence-corrected chi connectivity index (χ2v) is 19.0. The number of carbonyl (C=O) groups excluding carboxylic acids is 4. The van der Waals surface area contributed by atoms with E-state index in [4.69, 9.17) is 16.6 Å². The lowest BCUT2D eigenvalue weighted by atomic mass is 10.1. The monoisotopic (exact) mass is 1050 g/mol. The Morgan fingerprint density at radius 2 is 1.08 bits per heavy atom. The van der Waals surface area contributed by atoms with Crippen LogP contribution < -0.4 is 54.0 Å². The number of benzene rings is 2. The molecule has 0 spiro atoms. The minimum absolute atomic E-state index is 0.00332. The summed E-state index contributed by atoms with van der Waals surface area (Å²) < 4.78 is 52.8. The molecule has 0 bridgehead atoms. The number of carbonyl (C=O) groups is 4. The van der Waals surface area contributed by atoms with Crippen molar-refractivity contribution < 1.29 is 41.5 Å². The standard InChI is InChI=1S/C27H33FN8O4S.C23H26FN7O3/c1-2-30-25-20(26(37)31-9-10-36-11-13-41(39,40)14-12-36)5-7-22(34-25)19-4-6-23(21(28)15-19)35-27(38)33-17-18-3-8-24(29)32-16-18;1-2-26-21-16(22(33)27-9-10-32)5-7-18(30-21)15-4-6-19(17(24)11-15)31-23(34)29-13-14-3-8-20(25)28-12-14/h3-8,15-16H,2,9-14,17H2,1H3,(H2,29,32)(H,30,34)(H,31,37)(H2,33,35,38);3-8,11-12,32H,2,9-10,13H2,1H3,(H2,25,28)(H,26,30)(H,27,33)(H2,29,31,34). The molecule has 396 valence electrons. The quantitative estimate of drug-likeness (QED) is 0.0535. The molecule has 0 aliphatic carbocycles. The predicted molar refractivity (Wildman–Crippen MR) is 283 cm³/mol. The van der Waals surface area contributed by atoms with Crippen molar-refractivity contribution in [3.63, 3.8) is 0 Å². The number of nitrogens with zero attached hydrogens (tertiary/aromatic N) is 5. The Morgan fingerprint density at radius 1 is 0.627 bits per heavy atom. The van der Waals surface area contributed by atoms with Crippen molar-refractivity contribution in [2.75, 3.05) is 96.7 Å². The fourth-order valence-electron chi connectivity index (χ4n) is 7.20. The summed E-state index contributed by atoms with van der Waals surface area (Å²) in [6.07, 6.45) is 3.08. The number of amides is 6. The molecule has 13 N–H and O–H groups in total. The van der Waals surface area contributed by atoms with Gasteiger partial charge in [-0.15, -0.1) is 0 Å². The highest BCUT2D eigenvalue weighted by Gasteiger charge is 2.22. The predicted octanol–water partition coefficient (Wildman–Crippen LogP) is 4.42. The topological polar surface area (TPSA) is 326 Å². The molecule has 5 heterocycles. The van der Waals surface area contributed by atoms with E-state index in [-0.39, 0.29) is 60.9 Å². The number of halogens is 2. The third-order valence-electron chi connectivity index (χ3n) is 11.1. The van der Waals surface area contributed by atoms with E-state index in [2.05, 4.69) is 62.5 Å². The molecule has 7 rings (SSSR count). The molecule has 0 atom stereocenters. The second-order valence-electron chi connectivity index (χ2n) is 16.7. The van der Waals surface area contributed by atoms with E-state index >= 15 is 0 Å². The Balaban J connectivity index is 0.000000248.